The fourth-order valence-electron chi connectivity index (χ4n) is 1.85. The largest absolute Gasteiger partial charge is 0.491 e. The molecule has 3 rings (SSSR count). The summed E-state index contributed by atoms with van der Waals surface area (Å²) in [5.41, 5.74) is 6.88. The van der Waals surface area contributed by atoms with E-state index in [-0.39, 0.29) is 12.6 Å². The molecular weight excluding hydrogens is 234 g/mol. The molecule has 6 nitrogen and oxygen atoms in total. The molecule has 0 amide bonds. The fourth-order valence-corrected chi connectivity index (χ4v) is 1.85. The zero-order chi connectivity index (χ0) is 12.5. The molecule has 94 valence electrons. The van der Waals surface area contributed by atoms with E-state index in [1.807, 2.05) is 18.2 Å². The van der Waals surface area contributed by atoms with Crippen LogP contribution in [0.25, 0.3) is 0 Å². The van der Waals surface area contributed by atoms with Crippen LogP contribution in [0.3, 0.4) is 0 Å². The van der Waals surface area contributed by atoms with Gasteiger partial charge in [-0.05, 0) is 19.1 Å². The van der Waals surface area contributed by atoms with Crippen LogP contribution >= 0.6 is 0 Å². The average Bonchev–Trinajstić information content (AvgIpc) is 2.94. The molecular formula is C12H13N3O3. The fraction of sp³-hybridized carbons (Fsp3) is 0.333. The summed E-state index contributed by atoms with van der Waals surface area (Å²) in [5.74, 6) is 2.52. The maximum atomic E-state index is 5.87. The molecule has 18 heavy (non-hydrogen) atoms. The van der Waals surface area contributed by atoms with Gasteiger partial charge in [-0.25, -0.2) is 0 Å². The van der Waals surface area contributed by atoms with Crippen molar-refractivity contribution in [2.24, 2.45) is 5.73 Å². The molecule has 1 aliphatic heterocycles. The summed E-state index contributed by atoms with van der Waals surface area (Å²) < 4.78 is 16.0. The maximum absolute atomic E-state index is 5.87. The molecule has 2 N–H and O–H groups in total. The second-order valence-electron chi connectivity index (χ2n) is 4.14. The first kappa shape index (κ1) is 11.0. The van der Waals surface area contributed by atoms with E-state index in [0.717, 1.165) is 11.3 Å². The van der Waals surface area contributed by atoms with Crippen molar-refractivity contribution < 1.29 is 14.0 Å². The number of nitrogens with zero attached hydrogens (tertiary/aromatic N) is 2. The van der Waals surface area contributed by atoms with Crippen LogP contribution in [-0.4, -0.2) is 16.7 Å². The van der Waals surface area contributed by atoms with Crippen LogP contribution < -0.4 is 15.2 Å². The number of hydrogen-bond donors (Lipinski definition) is 1. The molecule has 1 aromatic heterocycles. The summed E-state index contributed by atoms with van der Waals surface area (Å²) >= 11 is 0. The van der Waals surface area contributed by atoms with Crippen LogP contribution in [0.5, 0.6) is 11.5 Å². The highest BCUT2D eigenvalue weighted by atomic mass is 16.5. The van der Waals surface area contributed by atoms with Crippen LogP contribution in [0.15, 0.2) is 22.7 Å². The SMILES string of the molecule is Cc1noc(COc2ccc3c(c2)OCC3N)n1. The average molecular weight is 247 g/mol. The summed E-state index contributed by atoms with van der Waals surface area (Å²) in [5, 5.41) is 3.69. The Hall–Kier alpha value is -2.08. The van der Waals surface area contributed by atoms with Crippen LogP contribution in [0.4, 0.5) is 0 Å². The van der Waals surface area contributed by atoms with Gasteiger partial charge < -0.3 is 19.7 Å². The quantitative estimate of drug-likeness (QED) is 0.881. The number of rotatable bonds is 3. The first-order chi connectivity index (χ1) is 8.72. The molecule has 2 heterocycles. The minimum absolute atomic E-state index is 0.0485. The van der Waals surface area contributed by atoms with Crippen molar-refractivity contribution in [2.75, 3.05) is 6.61 Å². The third-order valence-electron chi connectivity index (χ3n) is 2.73. The van der Waals surface area contributed by atoms with E-state index in [0.29, 0.717) is 24.1 Å². The summed E-state index contributed by atoms with van der Waals surface area (Å²) in [6.45, 7) is 2.52. The molecule has 1 atom stereocenters. The Morgan fingerprint density at radius 1 is 1.50 bits per heavy atom. The zero-order valence-electron chi connectivity index (χ0n) is 9.92. The first-order valence-corrected chi connectivity index (χ1v) is 5.66. The van der Waals surface area contributed by atoms with Crippen molar-refractivity contribution in [3.8, 4) is 11.5 Å². The Morgan fingerprint density at radius 2 is 2.39 bits per heavy atom. The minimum Gasteiger partial charge on any atom is -0.491 e. The number of fused-ring (bicyclic) bond motifs is 1. The molecule has 1 aromatic carbocycles. The summed E-state index contributed by atoms with van der Waals surface area (Å²) in [4.78, 5) is 4.06. The van der Waals surface area contributed by atoms with Crippen LogP contribution in [-0.2, 0) is 6.61 Å². The Balaban J connectivity index is 1.70. The van der Waals surface area contributed by atoms with Gasteiger partial charge in [-0.2, -0.15) is 4.98 Å². The molecule has 0 spiro atoms. The molecule has 6 heteroatoms. The minimum atomic E-state index is -0.0485. The highest BCUT2D eigenvalue weighted by Gasteiger charge is 2.20. The Kier molecular flexibility index (Phi) is 2.64. The number of ether oxygens (including phenoxy) is 2. The van der Waals surface area contributed by atoms with Gasteiger partial charge in [0.15, 0.2) is 12.4 Å². The van der Waals surface area contributed by atoms with Gasteiger partial charge in [-0.1, -0.05) is 5.16 Å². The van der Waals surface area contributed by atoms with Crippen molar-refractivity contribution in [3.05, 3.63) is 35.5 Å². The van der Waals surface area contributed by atoms with Gasteiger partial charge in [0.05, 0.1) is 6.04 Å². The third kappa shape index (κ3) is 2.02. The number of aryl methyl sites for hydroxylation is 1. The van der Waals surface area contributed by atoms with Crippen molar-refractivity contribution >= 4 is 0 Å². The van der Waals surface area contributed by atoms with E-state index in [9.17, 15) is 0 Å². The lowest BCUT2D eigenvalue weighted by molar-refractivity contribution is 0.241. The van der Waals surface area contributed by atoms with Crippen LogP contribution in [0.2, 0.25) is 0 Å². The number of benzene rings is 1. The second-order valence-corrected chi connectivity index (χ2v) is 4.14. The van der Waals surface area contributed by atoms with Gasteiger partial charge in [0.1, 0.15) is 18.1 Å². The van der Waals surface area contributed by atoms with Crippen molar-refractivity contribution in [2.45, 2.75) is 19.6 Å². The Morgan fingerprint density at radius 3 is 3.17 bits per heavy atom. The summed E-state index contributed by atoms with van der Waals surface area (Å²) in [6, 6.07) is 5.55. The molecule has 1 unspecified atom stereocenters. The van der Waals surface area contributed by atoms with E-state index in [1.54, 1.807) is 6.92 Å². The van der Waals surface area contributed by atoms with Crippen LogP contribution in [0.1, 0.15) is 23.3 Å². The predicted octanol–water partition coefficient (Wildman–Crippen LogP) is 1.35. The number of nitrogens with two attached hydrogens (primary N) is 1. The van der Waals surface area contributed by atoms with Gasteiger partial charge in [-0.15, -0.1) is 0 Å². The third-order valence-corrected chi connectivity index (χ3v) is 2.73. The second kappa shape index (κ2) is 4.30. The van der Waals surface area contributed by atoms with Gasteiger partial charge in [0.2, 0.25) is 0 Å². The standard InChI is InChI=1S/C12H13N3O3/c1-7-14-12(18-15-7)6-16-8-2-3-9-10(13)5-17-11(9)4-8/h2-4,10H,5-6,13H2,1H3. The smallest absolute Gasteiger partial charge is 0.264 e. The normalized spacial score (nSPS) is 17.3. The molecule has 2 aromatic rings. The van der Waals surface area contributed by atoms with Crippen molar-refractivity contribution in [1.29, 1.82) is 0 Å². The van der Waals surface area contributed by atoms with Gasteiger partial charge in [0.25, 0.3) is 5.89 Å². The summed E-state index contributed by atoms with van der Waals surface area (Å²) in [6.07, 6.45) is 0. The molecule has 0 saturated carbocycles. The highest BCUT2D eigenvalue weighted by molar-refractivity contribution is 5.44. The van der Waals surface area contributed by atoms with Gasteiger partial charge in [-0.3, -0.25) is 0 Å². The van der Waals surface area contributed by atoms with E-state index >= 15 is 0 Å². The topological polar surface area (TPSA) is 83.4 Å². The maximum Gasteiger partial charge on any atom is 0.264 e. The number of hydrogen-bond acceptors (Lipinski definition) is 6. The lowest BCUT2D eigenvalue weighted by Gasteiger charge is -2.05. The van der Waals surface area contributed by atoms with E-state index in [4.69, 9.17) is 19.7 Å². The zero-order valence-corrected chi connectivity index (χ0v) is 9.92. The Labute approximate surface area is 104 Å². The lowest BCUT2D eigenvalue weighted by atomic mass is 10.1. The number of aromatic nitrogens is 2. The molecule has 0 saturated heterocycles. The predicted molar refractivity (Wildman–Crippen MR) is 62.2 cm³/mol. The van der Waals surface area contributed by atoms with Gasteiger partial charge in [0, 0.05) is 11.6 Å². The first-order valence-electron chi connectivity index (χ1n) is 5.66. The van der Waals surface area contributed by atoms with Crippen molar-refractivity contribution in [1.82, 2.24) is 10.1 Å². The highest BCUT2D eigenvalue weighted by Crippen LogP contribution is 2.34. The molecule has 0 bridgehead atoms. The monoisotopic (exact) mass is 247 g/mol. The molecule has 0 fully saturated rings. The molecule has 1 aliphatic rings. The molecule has 0 aliphatic carbocycles. The van der Waals surface area contributed by atoms with Crippen LogP contribution in [0, 0.1) is 6.92 Å². The van der Waals surface area contributed by atoms with Crippen molar-refractivity contribution in [3.63, 3.8) is 0 Å². The van der Waals surface area contributed by atoms with E-state index < -0.39 is 0 Å². The van der Waals surface area contributed by atoms with E-state index in [1.165, 1.54) is 0 Å². The Bertz CT molecular complexity index is 567. The van der Waals surface area contributed by atoms with E-state index in [2.05, 4.69) is 10.1 Å². The lowest BCUT2D eigenvalue weighted by Crippen LogP contribution is -2.10. The summed E-state index contributed by atoms with van der Waals surface area (Å²) in [7, 11) is 0. The van der Waals surface area contributed by atoms with Gasteiger partial charge >= 0.3 is 0 Å². The molecule has 0 radical (unpaired) electrons.